The fourth-order valence-corrected chi connectivity index (χ4v) is 3.55. The summed E-state index contributed by atoms with van der Waals surface area (Å²) in [6, 6.07) is 23.1. The summed E-state index contributed by atoms with van der Waals surface area (Å²) in [6.45, 7) is 3.88. The van der Waals surface area contributed by atoms with Crippen LogP contribution in [0, 0.1) is 19.7 Å². The van der Waals surface area contributed by atoms with Crippen LogP contribution in [0.15, 0.2) is 78.9 Å². The highest BCUT2D eigenvalue weighted by molar-refractivity contribution is 6.30. The van der Waals surface area contributed by atoms with Crippen LogP contribution < -0.4 is 5.32 Å². The van der Waals surface area contributed by atoms with Gasteiger partial charge in [0.25, 0.3) is 5.91 Å². The van der Waals surface area contributed by atoms with Crippen molar-refractivity contribution in [2.24, 2.45) is 0 Å². The maximum absolute atomic E-state index is 13.5. The molecule has 0 unspecified atom stereocenters. The van der Waals surface area contributed by atoms with Crippen LogP contribution >= 0.6 is 11.6 Å². The zero-order chi connectivity index (χ0) is 21.3. The van der Waals surface area contributed by atoms with Crippen molar-refractivity contribution in [1.29, 1.82) is 0 Å². The number of benzene rings is 3. The fraction of sp³-hybridized carbons (Fsp3) is 0.0800. The average Bonchev–Trinajstić information content (AvgIpc) is 3.08. The second kappa shape index (κ2) is 8.17. The molecule has 3 nitrogen and oxygen atoms in total. The minimum absolute atomic E-state index is 0.201. The predicted molar refractivity (Wildman–Crippen MR) is 120 cm³/mol. The van der Waals surface area contributed by atoms with Crippen molar-refractivity contribution in [2.75, 3.05) is 5.32 Å². The lowest BCUT2D eigenvalue weighted by Crippen LogP contribution is -2.13. The van der Waals surface area contributed by atoms with Crippen LogP contribution in [0.4, 0.5) is 10.1 Å². The van der Waals surface area contributed by atoms with Gasteiger partial charge in [-0.15, -0.1) is 0 Å². The largest absolute Gasteiger partial charge is 0.322 e. The van der Waals surface area contributed by atoms with Crippen molar-refractivity contribution in [3.8, 4) is 16.9 Å². The third kappa shape index (κ3) is 4.00. The van der Waals surface area contributed by atoms with Crippen molar-refractivity contribution in [2.45, 2.75) is 13.8 Å². The molecule has 3 aromatic carbocycles. The van der Waals surface area contributed by atoms with Crippen LogP contribution in [0.3, 0.4) is 0 Å². The number of nitrogens with one attached hydrogen (secondary N) is 1. The number of halogens is 2. The van der Waals surface area contributed by atoms with Crippen molar-refractivity contribution < 1.29 is 9.18 Å². The maximum atomic E-state index is 13.5. The number of hydrogen-bond donors (Lipinski definition) is 1. The highest BCUT2D eigenvalue weighted by Gasteiger charge is 2.20. The Balaban J connectivity index is 1.80. The highest BCUT2D eigenvalue weighted by atomic mass is 35.5. The molecule has 4 rings (SSSR count). The van der Waals surface area contributed by atoms with Gasteiger partial charge in [-0.2, -0.15) is 0 Å². The molecule has 0 aliphatic rings. The number of aryl methyl sites for hydroxylation is 1. The molecule has 0 saturated carbocycles. The van der Waals surface area contributed by atoms with Gasteiger partial charge in [-0.05, 0) is 74.0 Å². The molecule has 0 aliphatic carbocycles. The van der Waals surface area contributed by atoms with Crippen molar-refractivity contribution >= 4 is 23.2 Å². The lowest BCUT2D eigenvalue weighted by atomic mass is 10.1. The summed E-state index contributed by atoms with van der Waals surface area (Å²) in [5, 5.41) is 3.59. The number of amides is 1. The second-order valence-electron chi connectivity index (χ2n) is 7.17. The molecule has 150 valence electrons. The first-order valence-corrected chi connectivity index (χ1v) is 9.92. The Hall–Kier alpha value is -3.37. The number of carbonyl (C=O) groups is 1. The molecule has 0 radical (unpaired) electrons. The first-order valence-electron chi connectivity index (χ1n) is 9.54. The Morgan fingerprint density at radius 2 is 1.53 bits per heavy atom. The molecule has 0 atom stereocenters. The minimum Gasteiger partial charge on any atom is -0.322 e. The lowest BCUT2D eigenvalue weighted by molar-refractivity contribution is 0.102. The summed E-state index contributed by atoms with van der Waals surface area (Å²) >= 11 is 6.05. The third-order valence-corrected chi connectivity index (χ3v) is 5.28. The Bertz CT molecular complexity index is 1190. The summed E-state index contributed by atoms with van der Waals surface area (Å²) in [6.07, 6.45) is 0. The molecule has 0 aliphatic heterocycles. The van der Waals surface area contributed by atoms with Crippen LogP contribution in [0.1, 0.15) is 21.6 Å². The van der Waals surface area contributed by atoms with Gasteiger partial charge >= 0.3 is 0 Å². The first kappa shape index (κ1) is 19.9. The van der Waals surface area contributed by atoms with E-state index < -0.39 is 0 Å². The Morgan fingerprint density at radius 1 is 0.900 bits per heavy atom. The summed E-state index contributed by atoms with van der Waals surface area (Å²) in [4.78, 5) is 13.1. The van der Waals surface area contributed by atoms with E-state index in [0.717, 1.165) is 33.9 Å². The van der Waals surface area contributed by atoms with E-state index >= 15 is 0 Å². The van der Waals surface area contributed by atoms with Crippen LogP contribution in [-0.2, 0) is 0 Å². The second-order valence-corrected chi connectivity index (χ2v) is 7.60. The standard InChI is InChI=1S/C25H20ClFN2O/c1-16-3-11-21(12-4-16)28-25(30)23-15-24(18-5-7-19(26)8-6-18)29(17(23)2)22-13-9-20(27)10-14-22/h3-15H,1-2H3,(H,28,30). The van der Waals surface area contributed by atoms with E-state index in [0.29, 0.717) is 10.6 Å². The predicted octanol–water partition coefficient (Wildman–Crippen LogP) is 6.81. The number of nitrogens with zero attached hydrogens (tertiary/aromatic N) is 1. The summed E-state index contributed by atoms with van der Waals surface area (Å²) in [5.74, 6) is -0.513. The van der Waals surface area contributed by atoms with Crippen LogP contribution in [-0.4, -0.2) is 10.5 Å². The van der Waals surface area contributed by atoms with Gasteiger partial charge in [-0.1, -0.05) is 41.4 Å². The normalized spacial score (nSPS) is 10.8. The van der Waals surface area contributed by atoms with Crippen molar-refractivity contribution in [3.05, 3.63) is 107 Å². The van der Waals surface area contributed by atoms with E-state index in [1.165, 1.54) is 12.1 Å². The summed E-state index contributed by atoms with van der Waals surface area (Å²) in [5.41, 5.74) is 5.66. The molecule has 30 heavy (non-hydrogen) atoms. The zero-order valence-electron chi connectivity index (χ0n) is 16.6. The Labute approximate surface area is 179 Å². The van der Waals surface area contributed by atoms with Gasteiger partial charge in [-0.3, -0.25) is 4.79 Å². The number of rotatable bonds is 4. The van der Waals surface area contributed by atoms with Gasteiger partial charge in [0.2, 0.25) is 0 Å². The molecule has 5 heteroatoms. The average molecular weight is 419 g/mol. The molecule has 1 N–H and O–H groups in total. The molecular formula is C25H20ClFN2O. The van der Waals surface area contributed by atoms with E-state index in [2.05, 4.69) is 5.32 Å². The van der Waals surface area contributed by atoms with E-state index in [4.69, 9.17) is 11.6 Å². The Morgan fingerprint density at radius 3 is 2.17 bits per heavy atom. The van der Waals surface area contributed by atoms with Crippen LogP contribution in [0.2, 0.25) is 5.02 Å². The number of hydrogen-bond acceptors (Lipinski definition) is 1. The first-order chi connectivity index (χ1) is 14.4. The maximum Gasteiger partial charge on any atom is 0.257 e. The monoisotopic (exact) mass is 418 g/mol. The quantitative estimate of drug-likeness (QED) is 0.388. The third-order valence-electron chi connectivity index (χ3n) is 5.03. The van der Waals surface area contributed by atoms with E-state index in [9.17, 15) is 9.18 Å². The highest BCUT2D eigenvalue weighted by Crippen LogP contribution is 2.31. The van der Waals surface area contributed by atoms with Gasteiger partial charge < -0.3 is 9.88 Å². The smallest absolute Gasteiger partial charge is 0.257 e. The van der Waals surface area contributed by atoms with Gasteiger partial charge in [0.05, 0.1) is 11.3 Å². The summed E-state index contributed by atoms with van der Waals surface area (Å²) in [7, 11) is 0. The van der Waals surface area contributed by atoms with Crippen molar-refractivity contribution in [1.82, 2.24) is 4.57 Å². The fourth-order valence-electron chi connectivity index (χ4n) is 3.43. The Kier molecular flexibility index (Phi) is 5.42. The van der Waals surface area contributed by atoms with Crippen molar-refractivity contribution in [3.63, 3.8) is 0 Å². The molecule has 1 aromatic heterocycles. The topological polar surface area (TPSA) is 34.0 Å². The molecule has 0 spiro atoms. The van der Waals surface area contributed by atoms with E-state index in [1.54, 1.807) is 24.3 Å². The summed E-state index contributed by atoms with van der Waals surface area (Å²) < 4.78 is 15.4. The molecule has 1 heterocycles. The number of carbonyl (C=O) groups excluding carboxylic acids is 1. The zero-order valence-corrected chi connectivity index (χ0v) is 17.4. The van der Waals surface area contributed by atoms with E-state index in [-0.39, 0.29) is 11.7 Å². The number of anilines is 1. The molecule has 4 aromatic rings. The SMILES string of the molecule is Cc1ccc(NC(=O)c2cc(-c3ccc(Cl)cc3)n(-c3ccc(F)cc3)c2C)cc1. The van der Waals surface area contributed by atoms with Gasteiger partial charge in [-0.25, -0.2) is 4.39 Å². The van der Waals surface area contributed by atoms with Gasteiger partial charge in [0, 0.05) is 22.1 Å². The van der Waals surface area contributed by atoms with Gasteiger partial charge in [0.1, 0.15) is 5.82 Å². The molecule has 1 amide bonds. The lowest BCUT2D eigenvalue weighted by Gasteiger charge is -2.12. The minimum atomic E-state index is -0.311. The van der Waals surface area contributed by atoms with Gasteiger partial charge in [0.15, 0.2) is 0 Å². The number of aromatic nitrogens is 1. The van der Waals surface area contributed by atoms with E-state index in [1.807, 2.05) is 60.9 Å². The van der Waals surface area contributed by atoms with Crippen LogP contribution in [0.25, 0.3) is 16.9 Å². The molecule has 0 fully saturated rings. The molecular weight excluding hydrogens is 399 g/mol. The molecule has 0 saturated heterocycles. The molecule has 0 bridgehead atoms. The van der Waals surface area contributed by atoms with Crippen LogP contribution in [0.5, 0.6) is 0 Å².